The minimum atomic E-state index is -3.26. The van der Waals surface area contributed by atoms with E-state index >= 15 is 0 Å². The minimum absolute atomic E-state index is 0.0576. The van der Waals surface area contributed by atoms with E-state index in [2.05, 4.69) is 5.32 Å². The third-order valence-electron chi connectivity index (χ3n) is 6.57. The highest BCUT2D eigenvalue weighted by Gasteiger charge is 2.72. The van der Waals surface area contributed by atoms with Crippen molar-refractivity contribution >= 4 is 18.0 Å². The van der Waals surface area contributed by atoms with Crippen molar-refractivity contribution in [1.82, 2.24) is 10.2 Å². The van der Waals surface area contributed by atoms with Crippen molar-refractivity contribution in [3.05, 3.63) is 59.7 Å². The number of nitrogens with zero attached hydrogens (tertiary/aromatic N) is 1. The van der Waals surface area contributed by atoms with E-state index in [1.54, 1.807) is 6.92 Å². The van der Waals surface area contributed by atoms with Crippen molar-refractivity contribution in [3.8, 4) is 11.1 Å². The fraction of sp³-hybridized carbons (Fsp3) is 0.400. The van der Waals surface area contributed by atoms with Gasteiger partial charge < -0.3 is 20.1 Å². The van der Waals surface area contributed by atoms with Crippen LogP contribution in [-0.2, 0) is 14.3 Å². The molecule has 1 fully saturated rings. The molecule has 2 aliphatic carbocycles. The number of carboxylic acid groups (broad SMARTS) is 1. The average Bonchev–Trinajstić information content (AvgIpc) is 3.22. The number of rotatable bonds is 9. The normalized spacial score (nSPS) is 19.6. The maximum Gasteiger partial charge on any atom is 0.407 e. The third-order valence-corrected chi connectivity index (χ3v) is 6.57. The van der Waals surface area contributed by atoms with Gasteiger partial charge in [0.25, 0.3) is 5.92 Å². The number of halogens is 2. The van der Waals surface area contributed by atoms with Crippen LogP contribution in [0.4, 0.5) is 13.6 Å². The molecule has 2 unspecified atom stereocenters. The highest BCUT2D eigenvalue weighted by molar-refractivity contribution is 5.84. The van der Waals surface area contributed by atoms with Crippen LogP contribution in [0, 0.1) is 11.8 Å². The molecule has 7 nitrogen and oxygen atoms in total. The lowest BCUT2D eigenvalue weighted by Crippen LogP contribution is -2.36. The van der Waals surface area contributed by atoms with Crippen LogP contribution < -0.4 is 5.32 Å². The number of fused-ring (bicyclic) bond motifs is 3. The smallest absolute Gasteiger partial charge is 0.407 e. The predicted molar refractivity (Wildman–Crippen MR) is 120 cm³/mol. The fourth-order valence-electron chi connectivity index (χ4n) is 4.67. The fourth-order valence-corrected chi connectivity index (χ4v) is 4.67. The molecule has 180 valence electrons. The maximum atomic E-state index is 14.3. The van der Waals surface area contributed by atoms with E-state index in [0.29, 0.717) is 0 Å². The summed E-state index contributed by atoms with van der Waals surface area (Å²) in [4.78, 5) is 36.6. The first-order chi connectivity index (χ1) is 16.3. The van der Waals surface area contributed by atoms with Gasteiger partial charge >= 0.3 is 12.1 Å². The summed E-state index contributed by atoms with van der Waals surface area (Å²) < 4.78 is 33.9. The molecule has 2 aliphatic rings. The molecular weight excluding hydrogens is 446 g/mol. The van der Waals surface area contributed by atoms with E-state index in [1.807, 2.05) is 48.5 Å². The summed E-state index contributed by atoms with van der Waals surface area (Å²) in [7, 11) is 0. The van der Waals surface area contributed by atoms with Gasteiger partial charge in [0.15, 0.2) is 0 Å². The number of ether oxygens (including phenoxy) is 1. The van der Waals surface area contributed by atoms with Crippen LogP contribution in [0.5, 0.6) is 0 Å². The molecule has 4 rings (SSSR count). The van der Waals surface area contributed by atoms with Crippen molar-refractivity contribution in [1.29, 1.82) is 0 Å². The summed E-state index contributed by atoms with van der Waals surface area (Å²) in [5, 5.41) is 11.1. The summed E-state index contributed by atoms with van der Waals surface area (Å²) in [6, 6.07) is 15.7. The number of alkyl halides is 2. The van der Waals surface area contributed by atoms with E-state index in [0.717, 1.165) is 27.2 Å². The van der Waals surface area contributed by atoms with Gasteiger partial charge in [0, 0.05) is 25.6 Å². The zero-order valence-electron chi connectivity index (χ0n) is 18.7. The molecule has 2 amide bonds. The number of carboxylic acids is 1. The Hall–Kier alpha value is -3.49. The van der Waals surface area contributed by atoms with Gasteiger partial charge in [-0.25, -0.2) is 13.6 Å². The number of hydrogen-bond acceptors (Lipinski definition) is 4. The van der Waals surface area contributed by atoms with Gasteiger partial charge in [-0.1, -0.05) is 48.5 Å². The molecule has 34 heavy (non-hydrogen) atoms. The van der Waals surface area contributed by atoms with Crippen molar-refractivity contribution in [2.45, 2.75) is 25.2 Å². The van der Waals surface area contributed by atoms with Gasteiger partial charge in [-0.05, 0) is 29.2 Å². The van der Waals surface area contributed by atoms with Gasteiger partial charge in [0.2, 0.25) is 5.91 Å². The molecule has 9 heteroatoms. The van der Waals surface area contributed by atoms with Crippen LogP contribution >= 0.6 is 0 Å². The lowest BCUT2D eigenvalue weighted by Gasteiger charge is -2.19. The summed E-state index contributed by atoms with van der Waals surface area (Å²) in [6.07, 6.45) is -1.14. The molecule has 0 saturated heterocycles. The molecule has 2 atom stereocenters. The second-order valence-corrected chi connectivity index (χ2v) is 8.53. The lowest BCUT2D eigenvalue weighted by atomic mass is 9.98. The van der Waals surface area contributed by atoms with E-state index in [9.17, 15) is 23.2 Å². The van der Waals surface area contributed by atoms with Crippen molar-refractivity contribution < 1.29 is 33.0 Å². The molecule has 0 aliphatic heterocycles. The number of aliphatic carboxylic acids is 1. The molecule has 1 saturated carbocycles. The maximum absolute atomic E-state index is 14.3. The summed E-state index contributed by atoms with van der Waals surface area (Å²) in [5.41, 5.74) is 4.23. The molecular formula is C25H26F2N2O5. The van der Waals surface area contributed by atoms with Gasteiger partial charge in [0.1, 0.15) is 12.5 Å². The largest absolute Gasteiger partial charge is 0.481 e. The number of benzene rings is 2. The Morgan fingerprint density at radius 1 is 1.06 bits per heavy atom. The molecule has 0 spiro atoms. The number of nitrogens with one attached hydrogen (secondary N) is 1. The molecule has 2 aromatic rings. The highest BCUT2D eigenvalue weighted by atomic mass is 19.3. The molecule has 2 aromatic carbocycles. The SMILES string of the molecule is CCN(CCC(=O)O)C(=O)C1C(CNC(=O)OCC2c3ccccc3-c3ccccc32)C1(F)F. The number of alkyl carbamates (subject to hydrolysis) is 1. The molecule has 0 heterocycles. The first-order valence-electron chi connectivity index (χ1n) is 11.2. The minimum Gasteiger partial charge on any atom is -0.481 e. The zero-order valence-corrected chi connectivity index (χ0v) is 18.7. The third kappa shape index (κ3) is 4.47. The van der Waals surface area contributed by atoms with Crippen LogP contribution in [0.3, 0.4) is 0 Å². The van der Waals surface area contributed by atoms with Gasteiger partial charge in [0.05, 0.1) is 12.3 Å². The first kappa shape index (κ1) is 23.7. The number of amides is 2. The standard InChI is InChI=1S/C25H26F2N2O5/c1-2-29(12-11-21(30)31)23(32)22-20(25(22,26)27)13-28-24(33)34-14-19-17-9-5-3-7-15(17)16-8-4-6-10-18(16)19/h3-10,19-20,22H,2,11-14H2,1H3,(H,28,33)(H,30,31). The summed E-state index contributed by atoms with van der Waals surface area (Å²) >= 11 is 0. The van der Waals surface area contributed by atoms with Gasteiger partial charge in [-0.3, -0.25) is 9.59 Å². The van der Waals surface area contributed by atoms with Crippen LogP contribution in [0.25, 0.3) is 11.1 Å². The summed E-state index contributed by atoms with van der Waals surface area (Å²) in [5.74, 6) is -8.24. The lowest BCUT2D eigenvalue weighted by molar-refractivity contribution is -0.139. The monoisotopic (exact) mass is 472 g/mol. The molecule has 0 bridgehead atoms. The molecule has 0 aromatic heterocycles. The van der Waals surface area contributed by atoms with Crippen molar-refractivity contribution in [2.75, 3.05) is 26.2 Å². The Balaban J connectivity index is 1.32. The second kappa shape index (κ2) is 9.40. The van der Waals surface area contributed by atoms with Crippen LogP contribution in [0.1, 0.15) is 30.4 Å². The number of hydrogen-bond donors (Lipinski definition) is 2. The Morgan fingerprint density at radius 2 is 1.65 bits per heavy atom. The Bertz CT molecular complexity index is 1060. The number of carbonyl (C=O) groups excluding carboxylic acids is 2. The van der Waals surface area contributed by atoms with E-state index in [-0.39, 0.29) is 32.0 Å². The van der Waals surface area contributed by atoms with Crippen molar-refractivity contribution in [2.24, 2.45) is 11.8 Å². The van der Waals surface area contributed by atoms with Gasteiger partial charge in [-0.2, -0.15) is 0 Å². The Labute approximate surface area is 195 Å². The van der Waals surface area contributed by atoms with E-state index in [1.165, 1.54) is 0 Å². The second-order valence-electron chi connectivity index (χ2n) is 8.53. The van der Waals surface area contributed by atoms with Crippen LogP contribution in [0.2, 0.25) is 0 Å². The Kier molecular flexibility index (Phi) is 6.54. The zero-order chi connectivity index (χ0) is 24.5. The molecule has 0 radical (unpaired) electrons. The Morgan fingerprint density at radius 3 is 2.21 bits per heavy atom. The topological polar surface area (TPSA) is 95.9 Å². The first-order valence-corrected chi connectivity index (χ1v) is 11.2. The van der Waals surface area contributed by atoms with Crippen LogP contribution in [-0.4, -0.2) is 60.1 Å². The predicted octanol–water partition coefficient (Wildman–Crippen LogP) is 3.73. The number of carbonyl (C=O) groups is 3. The van der Waals surface area contributed by atoms with E-state index in [4.69, 9.17) is 9.84 Å². The summed E-state index contributed by atoms with van der Waals surface area (Å²) in [6.45, 7) is 1.25. The molecule has 2 N–H and O–H groups in total. The quantitative estimate of drug-likeness (QED) is 0.580. The van der Waals surface area contributed by atoms with Crippen LogP contribution in [0.15, 0.2) is 48.5 Å². The average molecular weight is 472 g/mol. The van der Waals surface area contributed by atoms with E-state index < -0.39 is 42.3 Å². The van der Waals surface area contributed by atoms with Gasteiger partial charge in [-0.15, -0.1) is 0 Å². The highest BCUT2D eigenvalue weighted by Crippen LogP contribution is 2.55. The van der Waals surface area contributed by atoms with Crippen molar-refractivity contribution in [3.63, 3.8) is 0 Å².